The maximum absolute atomic E-state index is 13.1. The SMILES string of the molecule is C#CCn1c(=NC(=O)c2cccc(NS(=O)(=O)c3ccc(F)cc3)c2)sc2cc3c(cc21)OCO3. The molecule has 0 spiro atoms. The number of rotatable bonds is 5. The first-order valence-corrected chi connectivity index (χ1v) is 12.5. The molecule has 1 aromatic heterocycles. The Kier molecular flexibility index (Phi) is 5.76. The second-order valence-corrected chi connectivity index (χ2v) is 10.1. The van der Waals surface area contributed by atoms with Gasteiger partial charge in [-0.2, -0.15) is 4.99 Å². The molecule has 11 heteroatoms. The van der Waals surface area contributed by atoms with E-state index < -0.39 is 21.7 Å². The van der Waals surface area contributed by atoms with Gasteiger partial charge in [-0.1, -0.05) is 23.3 Å². The van der Waals surface area contributed by atoms with Crippen molar-refractivity contribution in [3.8, 4) is 23.8 Å². The van der Waals surface area contributed by atoms with E-state index in [0.717, 1.165) is 34.5 Å². The van der Waals surface area contributed by atoms with Crippen LogP contribution in [0, 0.1) is 18.2 Å². The lowest BCUT2D eigenvalue weighted by Crippen LogP contribution is -2.17. The van der Waals surface area contributed by atoms with Crippen LogP contribution in [0.5, 0.6) is 11.5 Å². The average molecular weight is 510 g/mol. The highest BCUT2D eigenvalue weighted by atomic mass is 32.2. The summed E-state index contributed by atoms with van der Waals surface area (Å²) in [6.45, 7) is 0.321. The highest BCUT2D eigenvalue weighted by Gasteiger charge is 2.19. The Morgan fingerprint density at radius 3 is 2.63 bits per heavy atom. The van der Waals surface area contributed by atoms with Crippen molar-refractivity contribution >= 4 is 43.2 Å². The molecule has 1 aliphatic rings. The third-order valence-electron chi connectivity index (χ3n) is 5.11. The molecule has 1 amide bonds. The number of anilines is 1. The van der Waals surface area contributed by atoms with Gasteiger partial charge in [0, 0.05) is 23.4 Å². The predicted molar refractivity (Wildman–Crippen MR) is 128 cm³/mol. The van der Waals surface area contributed by atoms with E-state index in [1.54, 1.807) is 10.6 Å². The minimum Gasteiger partial charge on any atom is -0.454 e. The lowest BCUT2D eigenvalue weighted by atomic mass is 10.2. The summed E-state index contributed by atoms with van der Waals surface area (Å²) in [5.74, 6) is 2.62. The van der Waals surface area contributed by atoms with Gasteiger partial charge in [0.2, 0.25) is 6.79 Å². The average Bonchev–Trinajstić information content (AvgIpc) is 3.42. The van der Waals surface area contributed by atoms with Gasteiger partial charge >= 0.3 is 0 Å². The monoisotopic (exact) mass is 509 g/mol. The van der Waals surface area contributed by atoms with Crippen LogP contribution in [0.1, 0.15) is 10.4 Å². The van der Waals surface area contributed by atoms with Crippen molar-refractivity contribution in [3.05, 3.63) is 76.8 Å². The predicted octanol–water partition coefficient (Wildman–Crippen LogP) is 3.75. The Balaban J connectivity index is 1.48. The fraction of sp³-hybridized carbons (Fsp3) is 0.0833. The van der Waals surface area contributed by atoms with Crippen molar-refractivity contribution in [3.63, 3.8) is 0 Å². The van der Waals surface area contributed by atoms with Crippen LogP contribution in [-0.2, 0) is 16.6 Å². The minimum absolute atomic E-state index is 0.110. The Labute approximate surface area is 203 Å². The lowest BCUT2D eigenvalue weighted by molar-refractivity contribution is 0.0998. The number of thiazole rings is 1. The molecule has 0 aliphatic carbocycles. The van der Waals surface area contributed by atoms with E-state index in [1.165, 1.54) is 35.6 Å². The van der Waals surface area contributed by atoms with Gasteiger partial charge in [-0.3, -0.25) is 9.52 Å². The molecule has 0 saturated carbocycles. The number of ether oxygens (including phenoxy) is 2. The summed E-state index contributed by atoms with van der Waals surface area (Å²) in [4.78, 5) is 17.5. The molecule has 0 atom stereocenters. The second-order valence-electron chi connectivity index (χ2n) is 7.41. The van der Waals surface area contributed by atoms with Gasteiger partial charge < -0.3 is 14.0 Å². The maximum atomic E-state index is 13.1. The van der Waals surface area contributed by atoms with Gasteiger partial charge in [-0.15, -0.1) is 6.42 Å². The first kappa shape index (κ1) is 22.6. The van der Waals surface area contributed by atoms with Gasteiger partial charge in [-0.25, -0.2) is 12.8 Å². The molecule has 35 heavy (non-hydrogen) atoms. The molecule has 0 saturated heterocycles. The van der Waals surface area contributed by atoms with Crippen LogP contribution in [0.2, 0.25) is 0 Å². The minimum atomic E-state index is -3.97. The number of halogens is 1. The largest absolute Gasteiger partial charge is 0.454 e. The smallest absolute Gasteiger partial charge is 0.279 e. The molecule has 176 valence electrons. The van der Waals surface area contributed by atoms with Crippen LogP contribution in [0.4, 0.5) is 10.1 Å². The van der Waals surface area contributed by atoms with E-state index in [9.17, 15) is 17.6 Å². The zero-order valence-electron chi connectivity index (χ0n) is 17.9. The first-order valence-electron chi connectivity index (χ1n) is 10.2. The Bertz CT molecular complexity index is 1680. The van der Waals surface area contributed by atoms with E-state index in [2.05, 4.69) is 15.6 Å². The number of hydrogen-bond acceptors (Lipinski definition) is 6. The molecule has 0 fully saturated rings. The summed E-state index contributed by atoms with van der Waals surface area (Å²) in [6.07, 6.45) is 5.53. The maximum Gasteiger partial charge on any atom is 0.279 e. The Morgan fingerprint density at radius 2 is 1.89 bits per heavy atom. The molecule has 0 radical (unpaired) electrons. The van der Waals surface area contributed by atoms with Crippen molar-refractivity contribution in [2.75, 3.05) is 11.5 Å². The van der Waals surface area contributed by atoms with Crippen molar-refractivity contribution in [1.82, 2.24) is 4.57 Å². The number of carbonyl (C=O) groups is 1. The van der Waals surface area contributed by atoms with Crippen LogP contribution in [0.25, 0.3) is 10.2 Å². The van der Waals surface area contributed by atoms with Crippen molar-refractivity contribution in [1.29, 1.82) is 0 Å². The molecule has 1 N–H and O–H groups in total. The lowest BCUT2D eigenvalue weighted by Gasteiger charge is -2.08. The fourth-order valence-electron chi connectivity index (χ4n) is 3.48. The summed E-state index contributed by atoms with van der Waals surface area (Å²) in [5.41, 5.74) is 1.08. The van der Waals surface area contributed by atoms with E-state index >= 15 is 0 Å². The molecule has 2 heterocycles. The number of benzene rings is 3. The molecule has 0 unspecified atom stereocenters. The summed E-state index contributed by atoms with van der Waals surface area (Å²) in [7, 11) is -3.97. The summed E-state index contributed by atoms with van der Waals surface area (Å²) in [6, 6.07) is 13.9. The normalized spacial score (nSPS) is 13.1. The number of amides is 1. The molecule has 1 aliphatic heterocycles. The van der Waals surface area contributed by atoms with Crippen LogP contribution in [0.3, 0.4) is 0 Å². The van der Waals surface area contributed by atoms with Gasteiger partial charge in [0.1, 0.15) is 5.82 Å². The van der Waals surface area contributed by atoms with Crippen molar-refractivity contribution < 1.29 is 27.1 Å². The van der Waals surface area contributed by atoms with Crippen molar-refractivity contribution in [2.24, 2.45) is 4.99 Å². The summed E-state index contributed by atoms with van der Waals surface area (Å²) < 4.78 is 54.1. The van der Waals surface area contributed by atoms with Gasteiger partial charge in [0.15, 0.2) is 16.3 Å². The van der Waals surface area contributed by atoms with Crippen LogP contribution < -0.4 is 19.0 Å². The van der Waals surface area contributed by atoms with Crippen LogP contribution in [0.15, 0.2) is 70.6 Å². The molecule has 3 aromatic carbocycles. The van der Waals surface area contributed by atoms with Crippen molar-refractivity contribution in [2.45, 2.75) is 11.4 Å². The zero-order chi connectivity index (χ0) is 24.6. The van der Waals surface area contributed by atoms with E-state index in [4.69, 9.17) is 15.9 Å². The van der Waals surface area contributed by atoms with Crippen LogP contribution in [-0.4, -0.2) is 25.7 Å². The molecular formula is C24H16FN3O5S2. The van der Waals surface area contributed by atoms with Gasteiger partial charge in [0.05, 0.1) is 21.7 Å². The van der Waals surface area contributed by atoms with E-state index in [-0.39, 0.29) is 29.5 Å². The highest BCUT2D eigenvalue weighted by molar-refractivity contribution is 7.92. The number of hydrogen-bond donors (Lipinski definition) is 1. The number of carbonyl (C=O) groups excluding carboxylic acids is 1. The third kappa shape index (κ3) is 4.49. The number of fused-ring (bicyclic) bond motifs is 2. The van der Waals surface area contributed by atoms with Gasteiger partial charge in [-0.05, 0) is 42.5 Å². The summed E-state index contributed by atoms with van der Waals surface area (Å²) >= 11 is 1.27. The molecule has 5 rings (SSSR count). The fourth-order valence-corrected chi connectivity index (χ4v) is 5.57. The first-order chi connectivity index (χ1) is 16.8. The zero-order valence-corrected chi connectivity index (χ0v) is 19.5. The number of terminal acetylenes is 1. The number of nitrogens with zero attached hydrogens (tertiary/aromatic N) is 2. The quantitative estimate of drug-likeness (QED) is 0.413. The third-order valence-corrected chi connectivity index (χ3v) is 7.55. The number of sulfonamides is 1. The van der Waals surface area contributed by atoms with E-state index in [0.29, 0.717) is 16.3 Å². The standard InChI is InChI=1S/C24H16FN3O5S2/c1-2-10-28-19-12-20-21(33-14-32-20)13-22(19)34-24(28)26-23(29)15-4-3-5-17(11-15)27-35(30,31)18-8-6-16(25)7-9-18/h1,3-9,11-13,27H,10,14H2. The Hall–Kier alpha value is -4.14. The molecule has 0 bridgehead atoms. The number of aromatic nitrogens is 1. The topological polar surface area (TPSA) is 99.0 Å². The highest BCUT2D eigenvalue weighted by Crippen LogP contribution is 2.37. The molecule has 8 nitrogen and oxygen atoms in total. The van der Waals surface area contributed by atoms with E-state index in [1.807, 2.05) is 6.07 Å². The summed E-state index contributed by atoms with van der Waals surface area (Å²) in [5, 5.41) is 0. The van der Waals surface area contributed by atoms with Gasteiger partial charge in [0.25, 0.3) is 15.9 Å². The second kappa shape index (κ2) is 8.90. The molecule has 4 aromatic rings. The van der Waals surface area contributed by atoms with Crippen LogP contribution >= 0.6 is 11.3 Å². The Morgan fingerprint density at radius 1 is 1.14 bits per heavy atom. The number of nitrogens with one attached hydrogen (secondary N) is 1. The molecular weight excluding hydrogens is 493 g/mol.